The van der Waals surface area contributed by atoms with Gasteiger partial charge in [0.1, 0.15) is 5.82 Å². The summed E-state index contributed by atoms with van der Waals surface area (Å²) in [6.07, 6.45) is 1.72. The molecular formula is C10H12N2O2. The van der Waals surface area contributed by atoms with Crippen LogP contribution in [0.4, 0.5) is 5.82 Å². The summed E-state index contributed by atoms with van der Waals surface area (Å²) >= 11 is 0. The second-order valence-corrected chi connectivity index (χ2v) is 3.53. The van der Waals surface area contributed by atoms with Crippen LogP contribution in [0.2, 0.25) is 0 Å². The van der Waals surface area contributed by atoms with Crippen LogP contribution in [-0.2, 0) is 4.79 Å². The second kappa shape index (κ2) is 3.29. The van der Waals surface area contributed by atoms with Crippen molar-refractivity contribution < 1.29 is 9.90 Å². The SMILES string of the molecule is C[C@H]1C(C(=O)O)CN1c1ccccn1. The molecule has 1 saturated heterocycles. The minimum atomic E-state index is -0.718. The van der Waals surface area contributed by atoms with Crippen molar-refractivity contribution in [1.82, 2.24) is 4.98 Å². The summed E-state index contributed by atoms with van der Waals surface area (Å²) in [5.74, 6) is -0.112. The Hall–Kier alpha value is -1.58. The molecule has 0 aliphatic carbocycles. The number of nitrogens with zero attached hydrogens (tertiary/aromatic N) is 2. The van der Waals surface area contributed by atoms with Crippen LogP contribution in [-0.4, -0.2) is 28.6 Å². The van der Waals surface area contributed by atoms with Gasteiger partial charge in [0, 0.05) is 18.8 Å². The number of anilines is 1. The third kappa shape index (κ3) is 1.32. The number of pyridine rings is 1. The van der Waals surface area contributed by atoms with Crippen molar-refractivity contribution in [2.45, 2.75) is 13.0 Å². The molecule has 0 spiro atoms. The molecule has 14 heavy (non-hydrogen) atoms. The average molecular weight is 192 g/mol. The van der Waals surface area contributed by atoms with E-state index in [9.17, 15) is 4.79 Å². The van der Waals surface area contributed by atoms with Gasteiger partial charge >= 0.3 is 5.97 Å². The Morgan fingerprint density at radius 2 is 2.43 bits per heavy atom. The molecule has 1 unspecified atom stereocenters. The molecular weight excluding hydrogens is 180 g/mol. The predicted molar refractivity (Wildman–Crippen MR) is 52.2 cm³/mol. The van der Waals surface area contributed by atoms with E-state index in [0.29, 0.717) is 6.54 Å². The highest BCUT2D eigenvalue weighted by molar-refractivity contribution is 5.75. The molecule has 0 aromatic carbocycles. The second-order valence-electron chi connectivity index (χ2n) is 3.53. The molecule has 2 heterocycles. The zero-order valence-corrected chi connectivity index (χ0v) is 7.92. The van der Waals surface area contributed by atoms with E-state index < -0.39 is 5.97 Å². The van der Waals surface area contributed by atoms with Crippen molar-refractivity contribution in [1.29, 1.82) is 0 Å². The first kappa shape index (κ1) is 8.99. The lowest BCUT2D eigenvalue weighted by molar-refractivity contribution is -0.143. The normalized spacial score (nSPS) is 25.6. The minimum absolute atomic E-state index is 0.0439. The van der Waals surface area contributed by atoms with E-state index in [1.165, 1.54) is 0 Å². The van der Waals surface area contributed by atoms with E-state index >= 15 is 0 Å². The number of aromatic nitrogens is 1. The first-order chi connectivity index (χ1) is 6.70. The van der Waals surface area contributed by atoms with E-state index in [2.05, 4.69) is 4.98 Å². The van der Waals surface area contributed by atoms with Gasteiger partial charge in [0.25, 0.3) is 0 Å². The van der Waals surface area contributed by atoms with Crippen molar-refractivity contribution in [3.63, 3.8) is 0 Å². The number of carboxylic acids is 1. The van der Waals surface area contributed by atoms with Gasteiger partial charge in [-0.1, -0.05) is 6.07 Å². The zero-order valence-electron chi connectivity index (χ0n) is 7.92. The number of aliphatic carboxylic acids is 1. The van der Waals surface area contributed by atoms with E-state index in [-0.39, 0.29) is 12.0 Å². The lowest BCUT2D eigenvalue weighted by Gasteiger charge is -2.44. The van der Waals surface area contributed by atoms with Crippen LogP contribution in [0.15, 0.2) is 24.4 Å². The fourth-order valence-electron chi connectivity index (χ4n) is 1.72. The number of hydrogen-bond donors (Lipinski definition) is 1. The fraction of sp³-hybridized carbons (Fsp3) is 0.400. The van der Waals surface area contributed by atoms with Gasteiger partial charge < -0.3 is 10.0 Å². The Kier molecular flexibility index (Phi) is 2.11. The van der Waals surface area contributed by atoms with Gasteiger partial charge in [-0.3, -0.25) is 4.79 Å². The monoisotopic (exact) mass is 192 g/mol. The summed E-state index contributed by atoms with van der Waals surface area (Å²) in [5.41, 5.74) is 0. The maximum absolute atomic E-state index is 10.7. The molecule has 2 atom stereocenters. The molecule has 4 heteroatoms. The summed E-state index contributed by atoms with van der Waals surface area (Å²) in [5, 5.41) is 8.82. The van der Waals surface area contributed by atoms with Crippen molar-refractivity contribution >= 4 is 11.8 Å². The van der Waals surface area contributed by atoms with Crippen molar-refractivity contribution in [3.05, 3.63) is 24.4 Å². The predicted octanol–water partition coefficient (Wildman–Crippen LogP) is 0.991. The van der Waals surface area contributed by atoms with E-state index in [0.717, 1.165) is 5.82 Å². The summed E-state index contributed by atoms with van der Waals surface area (Å²) in [6, 6.07) is 5.70. The highest BCUT2D eigenvalue weighted by Gasteiger charge is 2.40. The van der Waals surface area contributed by atoms with Crippen molar-refractivity contribution in [2.75, 3.05) is 11.4 Å². The van der Waals surface area contributed by atoms with Crippen LogP contribution >= 0.6 is 0 Å². The number of rotatable bonds is 2. The number of hydrogen-bond acceptors (Lipinski definition) is 3. The molecule has 1 aromatic heterocycles. The Balaban J connectivity index is 2.08. The molecule has 1 N–H and O–H groups in total. The molecule has 1 aliphatic heterocycles. The van der Waals surface area contributed by atoms with Gasteiger partial charge in [-0.25, -0.2) is 4.98 Å². The van der Waals surface area contributed by atoms with E-state index in [4.69, 9.17) is 5.11 Å². The van der Waals surface area contributed by atoms with E-state index in [1.54, 1.807) is 6.20 Å². The standard InChI is InChI=1S/C10H12N2O2/c1-7-8(10(13)14)6-12(7)9-4-2-3-5-11-9/h2-5,7-8H,6H2,1H3,(H,13,14)/t7-,8?/m0/s1. The summed E-state index contributed by atoms with van der Waals surface area (Å²) < 4.78 is 0. The highest BCUT2D eigenvalue weighted by Crippen LogP contribution is 2.29. The maximum atomic E-state index is 10.7. The molecule has 74 valence electrons. The number of carbonyl (C=O) groups is 1. The lowest BCUT2D eigenvalue weighted by Crippen LogP contribution is -2.58. The average Bonchev–Trinajstić information content (AvgIpc) is 2.17. The third-order valence-corrected chi connectivity index (χ3v) is 2.73. The molecule has 0 saturated carbocycles. The Labute approximate surface area is 82.2 Å². The minimum Gasteiger partial charge on any atom is -0.481 e. The fourth-order valence-corrected chi connectivity index (χ4v) is 1.72. The van der Waals surface area contributed by atoms with Gasteiger partial charge in [0.2, 0.25) is 0 Å². The maximum Gasteiger partial charge on any atom is 0.310 e. The van der Waals surface area contributed by atoms with Gasteiger partial charge in [0.15, 0.2) is 0 Å². The van der Waals surface area contributed by atoms with Crippen LogP contribution in [0.25, 0.3) is 0 Å². The van der Waals surface area contributed by atoms with Crippen LogP contribution in [0, 0.1) is 5.92 Å². The number of carboxylic acid groups (broad SMARTS) is 1. The first-order valence-corrected chi connectivity index (χ1v) is 4.60. The molecule has 1 aliphatic rings. The van der Waals surface area contributed by atoms with Gasteiger partial charge in [0.05, 0.1) is 5.92 Å². The molecule has 0 radical (unpaired) electrons. The Morgan fingerprint density at radius 3 is 2.93 bits per heavy atom. The zero-order chi connectivity index (χ0) is 10.1. The molecule has 4 nitrogen and oxygen atoms in total. The summed E-state index contributed by atoms with van der Waals surface area (Å²) in [7, 11) is 0. The Bertz CT molecular complexity index is 339. The molecule has 2 rings (SSSR count). The van der Waals surface area contributed by atoms with Gasteiger partial charge in [-0.15, -0.1) is 0 Å². The topological polar surface area (TPSA) is 53.4 Å². The van der Waals surface area contributed by atoms with Crippen LogP contribution in [0.5, 0.6) is 0 Å². The quantitative estimate of drug-likeness (QED) is 0.759. The van der Waals surface area contributed by atoms with E-state index in [1.807, 2.05) is 30.0 Å². The van der Waals surface area contributed by atoms with Crippen molar-refractivity contribution in [3.8, 4) is 0 Å². The summed E-state index contributed by atoms with van der Waals surface area (Å²) in [4.78, 5) is 16.9. The largest absolute Gasteiger partial charge is 0.481 e. The molecule has 0 bridgehead atoms. The van der Waals surface area contributed by atoms with Crippen LogP contribution < -0.4 is 4.90 Å². The summed E-state index contributed by atoms with van der Waals surface area (Å²) in [6.45, 7) is 2.48. The first-order valence-electron chi connectivity index (χ1n) is 4.60. The van der Waals surface area contributed by atoms with Crippen LogP contribution in [0.1, 0.15) is 6.92 Å². The third-order valence-electron chi connectivity index (χ3n) is 2.73. The van der Waals surface area contributed by atoms with Gasteiger partial charge in [-0.2, -0.15) is 0 Å². The molecule has 0 amide bonds. The Morgan fingerprint density at radius 1 is 1.64 bits per heavy atom. The smallest absolute Gasteiger partial charge is 0.310 e. The lowest BCUT2D eigenvalue weighted by atomic mass is 9.90. The highest BCUT2D eigenvalue weighted by atomic mass is 16.4. The van der Waals surface area contributed by atoms with Crippen molar-refractivity contribution in [2.24, 2.45) is 5.92 Å². The molecule has 1 aromatic rings. The van der Waals surface area contributed by atoms with Crippen LogP contribution in [0.3, 0.4) is 0 Å². The van der Waals surface area contributed by atoms with Gasteiger partial charge in [-0.05, 0) is 19.1 Å². The molecule has 1 fully saturated rings.